The fourth-order valence-corrected chi connectivity index (χ4v) is 4.98. The van der Waals surface area contributed by atoms with Crippen LogP contribution in [0.2, 0.25) is 0 Å². The number of hydrogen-bond acceptors (Lipinski definition) is 5. The van der Waals surface area contributed by atoms with Gasteiger partial charge < -0.3 is 5.32 Å². The fraction of sp³-hybridized carbons (Fsp3) is 0.200. The molecule has 3 rings (SSSR count). The van der Waals surface area contributed by atoms with Gasteiger partial charge in [0.2, 0.25) is 0 Å². The van der Waals surface area contributed by atoms with Crippen molar-refractivity contribution in [2.75, 3.05) is 23.1 Å². The van der Waals surface area contributed by atoms with Gasteiger partial charge in [-0.25, -0.2) is 8.42 Å². The Morgan fingerprint density at radius 3 is 2.67 bits per heavy atom. The summed E-state index contributed by atoms with van der Waals surface area (Å²) in [5.41, 5.74) is 4.20. The lowest BCUT2D eigenvalue weighted by Crippen LogP contribution is -2.18. The average Bonchev–Trinajstić information content (AvgIpc) is 2.63. The summed E-state index contributed by atoms with van der Waals surface area (Å²) in [6.45, 7) is 2.00. The van der Waals surface area contributed by atoms with Crippen LogP contribution >= 0.6 is 11.8 Å². The van der Waals surface area contributed by atoms with Crippen LogP contribution in [0.15, 0.2) is 65.2 Å². The van der Waals surface area contributed by atoms with Gasteiger partial charge in [0.25, 0.3) is 5.91 Å². The molecule has 0 saturated heterocycles. The number of benzene rings is 1. The Labute approximate surface area is 163 Å². The van der Waals surface area contributed by atoms with Crippen LogP contribution < -0.4 is 5.32 Å². The molecule has 1 aromatic heterocycles. The molecule has 27 heavy (non-hydrogen) atoms. The first-order chi connectivity index (χ1) is 12.8. The molecule has 1 amide bonds. The van der Waals surface area contributed by atoms with E-state index in [-0.39, 0.29) is 11.7 Å². The lowest BCUT2D eigenvalue weighted by Gasteiger charge is -2.15. The second kappa shape index (κ2) is 8.10. The number of nitrogens with one attached hydrogen (secondary N) is 1. The van der Waals surface area contributed by atoms with Crippen molar-refractivity contribution in [1.29, 1.82) is 0 Å². The van der Waals surface area contributed by atoms with E-state index in [0.717, 1.165) is 21.7 Å². The molecule has 0 radical (unpaired) electrons. The predicted octanol–water partition coefficient (Wildman–Crippen LogP) is 3.60. The molecular formula is C20H20N2O3S2. The molecule has 1 aliphatic rings. The van der Waals surface area contributed by atoms with Crippen molar-refractivity contribution < 1.29 is 13.2 Å². The van der Waals surface area contributed by atoms with E-state index in [0.29, 0.717) is 17.0 Å². The molecule has 0 spiro atoms. The summed E-state index contributed by atoms with van der Waals surface area (Å²) >= 11 is 1.38. The number of thioether (sulfide) groups is 1. The predicted molar refractivity (Wildman–Crippen MR) is 111 cm³/mol. The number of aryl methyl sites for hydroxylation is 1. The fourth-order valence-electron chi connectivity index (χ4n) is 2.66. The van der Waals surface area contributed by atoms with E-state index in [1.807, 2.05) is 43.3 Å². The van der Waals surface area contributed by atoms with Gasteiger partial charge in [0.05, 0.1) is 11.4 Å². The third-order valence-corrected chi connectivity index (χ3v) is 6.14. The van der Waals surface area contributed by atoms with E-state index in [4.69, 9.17) is 0 Å². The van der Waals surface area contributed by atoms with Crippen molar-refractivity contribution in [3.05, 3.63) is 70.8 Å². The number of allylic oxidation sites excluding steroid dienone is 2. The number of carbonyl (C=O) groups excluding carboxylic acids is 1. The number of hydrogen-bond donors (Lipinski definition) is 1. The first-order valence-corrected chi connectivity index (χ1v) is 11.4. The van der Waals surface area contributed by atoms with Gasteiger partial charge >= 0.3 is 0 Å². The molecule has 7 heteroatoms. The van der Waals surface area contributed by atoms with E-state index in [1.54, 1.807) is 18.3 Å². The van der Waals surface area contributed by atoms with Gasteiger partial charge in [-0.05, 0) is 36.8 Å². The van der Waals surface area contributed by atoms with Crippen LogP contribution in [0.4, 0.5) is 5.69 Å². The molecule has 1 N–H and O–H groups in total. The van der Waals surface area contributed by atoms with Crippen LogP contribution in [0.1, 0.15) is 5.56 Å². The molecule has 2 heterocycles. The van der Waals surface area contributed by atoms with Gasteiger partial charge in [-0.15, -0.1) is 11.8 Å². The normalized spacial score (nSPS) is 14.3. The first kappa shape index (κ1) is 19.4. The number of amides is 1. The Balaban J connectivity index is 1.75. The lowest BCUT2D eigenvalue weighted by atomic mass is 10.0. The number of anilines is 1. The molecular weight excluding hydrogens is 380 g/mol. The van der Waals surface area contributed by atoms with E-state index in [1.165, 1.54) is 18.0 Å². The zero-order valence-electron chi connectivity index (χ0n) is 15.1. The first-order valence-electron chi connectivity index (χ1n) is 8.35. The minimum atomic E-state index is -3.07. The maximum absolute atomic E-state index is 12.5. The van der Waals surface area contributed by atoms with E-state index >= 15 is 0 Å². The standard InChI is InChI=1S/C20H20N2O3S2/c1-14-6-8-16(11-18(14)19-5-3-4-10-21-19)22-20(23)15-7-9-17(26-12-15)13-27(2,24)25/h3-11H,12-13H2,1-2H3,(H,22,23). The van der Waals surface area contributed by atoms with Crippen molar-refractivity contribution in [2.45, 2.75) is 6.92 Å². The highest BCUT2D eigenvalue weighted by Crippen LogP contribution is 2.28. The van der Waals surface area contributed by atoms with Gasteiger partial charge in [-0.3, -0.25) is 9.78 Å². The third-order valence-electron chi connectivity index (χ3n) is 4.02. The highest BCUT2D eigenvalue weighted by atomic mass is 32.2. The molecule has 0 aliphatic carbocycles. The summed E-state index contributed by atoms with van der Waals surface area (Å²) in [6, 6.07) is 11.5. The number of pyridine rings is 1. The topological polar surface area (TPSA) is 76.1 Å². The average molecular weight is 401 g/mol. The van der Waals surface area contributed by atoms with Crippen molar-refractivity contribution in [3.8, 4) is 11.3 Å². The number of rotatable bonds is 5. The molecule has 0 bridgehead atoms. The second-order valence-electron chi connectivity index (χ2n) is 6.38. The quantitative estimate of drug-likeness (QED) is 0.830. The Bertz CT molecular complexity index is 1030. The molecule has 140 valence electrons. The molecule has 1 aromatic carbocycles. The molecule has 2 aromatic rings. The lowest BCUT2D eigenvalue weighted by molar-refractivity contribution is -0.112. The van der Waals surface area contributed by atoms with Gasteiger partial charge in [0.1, 0.15) is 0 Å². The van der Waals surface area contributed by atoms with Crippen LogP contribution in [0.5, 0.6) is 0 Å². The molecule has 0 saturated carbocycles. The highest BCUT2D eigenvalue weighted by molar-refractivity contribution is 8.04. The van der Waals surface area contributed by atoms with Crippen molar-refractivity contribution in [2.24, 2.45) is 0 Å². The van der Waals surface area contributed by atoms with Crippen molar-refractivity contribution in [3.63, 3.8) is 0 Å². The molecule has 5 nitrogen and oxygen atoms in total. The Morgan fingerprint density at radius 1 is 1.22 bits per heavy atom. The SMILES string of the molecule is Cc1ccc(NC(=O)C2=CC=C(CS(C)(=O)=O)SC2)cc1-c1ccccn1. The summed E-state index contributed by atoms with van der Waals surface area (Å²) in [5, 5.41) is 2.92. The minimum Gasteiger partial charge on any atom is -0.322 e. The summed E-state index contributed by atoms with van der Waals surface area (Å²) in [4.78, 5) is 17.7. The van der Waals surface area contributed by atoms with Crippen LogP contribution in [0.3, 0.4) is 0 Å². The van der Waals surface area contributed by atoms with Crippen LogP contribution in [0.25, 0.3) is 11.3 Å². The van der Waals surface area contributed by atoms with E-state index in [2.05, 4.69) is 10.3 Å². The minimum absolute atomic E-state index is 0.00840. The summed E-state index contributed by atoms with van der Waals surface area (Å²) < 4.78 is 22.7. The van der Waals surface area contributed by atoms with E-state index in [9.17, 15) is 13.2 Å². The Kier molecular flexibility index (Phi) is 5.82. The maximum Gasteiger partial charge on any atom is 0.252 e. The van der Waals surface area contributed by atoms with Crippen molar-refractivity contribution in [1.82, 2.24) is 4.98 Å². The van der Waals surface area contributed by atoms with Gasteiger partial charge in [-0.2, -0.15) is 0 Å². The van der Waals surface area contributed by atoms with Crippen molar-refractivity contribution >= 4 is 33.2 Å². The third kappa shape index (κ3) is 5.30. The van der Waals surface area contributed by atoms with Gasteiger partial charge in [0.15, 0.2) is 9.84 Å². The number of aromatic nitrogens is 1. The number of sulfone groups is 1. The van der Waals surface area contributed by atoms with Crippen LogP contribution in [-0.4, -0.2) is 37.1 Å². The smallest absolute Gasteiger partial charge is 0.252 e. The molecule has 0 fully saturated rings. The van der Waals surface area contributed by atoms with Crippen LogP contribution in [-0.2, 0) is 14.6 Å². The molecule has 1 aliphatic heterocycles. The summed E-state index contributed by atoms with van der Waals surface area (Å²) in [7, 11) is -3.07. The van der Waals surface area contributed by atoms with Gasteiger partial charge in [-0.1, -0.05) is 24.3 Å². The monoisotopic (exact) mass is 400 g/mol. The zero-order chi connectivity index (χ0) is 19.4. The highest BCUT2D eigenvalue weighted by Gasteiger charge is 2.17. The summed E-state index contributed by atoms with van der Waals surface area (Å²) in [6.07, 6.45) is 6.35. The van der Waals surface area contributed by atoms with E-state index < -0.39 is 9.84 Å². The second-order valence-corrected chi connectivity index (χ2v) is 9.62. The van der Waals surface area contributed by atoms with Gasteiger partial charge in [0, 0.05) is 39.9 Å². The molecule has 0 atom stereocenters. The summed E-state index contributed by atoms with van der Waals surface area (Å²) in [5.74, 6) is 0.272. The largest absolute Gasteiger partial charge is 0.322 e. The Hall–Kier alpha value is -2.38. The number of carbonyl (C=O) groups is 1. The Morgan fingerprint density at radius 2 is 2.04 bits per heavy atom. The number of nitrogens with zero attached hydrogens (tertiary/aromatic N) is 1. The maximum atomic E-state index is 12.5. The zero-order valence-corrected chi connectivity index (χ0v) is 16.7. The molecule has 0 unspecified atom stereocenters. The van der Waals surface area contributed by atoms with Crippen LogP contribution in [0, 0.1) is 6.92 Å².